The Kier molecular flexibility index (Phi) is 5.64. The number of carbonyl (C=O) groups excluding carboxylic acids is 1. The average molecular weight is 350 g/mol. The van der Waals surface area contributed by atoms with Gasteiger partial charge in [0.1, 0.15) is 0 Å². The number of benzene rings is 1. The van der Waals surface area contributed by atoms with Crippen molar-refractivity contribution in [3.05, 3.63) is 78.3 Å². The number of rotatable bonds is 6. The monoisotopic (exact) mass is 350 g/mol. The van der Waals surface area contributed by atoms with E-state index >= 15 is 0 Å². The van der Waals surface area contributed by atoms with E-state index in [0.717, 1.165) is 27.6 Å². The van der Waals surface area contributed by atoms with Crippen LogP contribution in [-0.2, 0) is 17.6 Å². The Bertz CT molecular complexity index is 874. The van der Waals surface area contributed by atoms with Crippen molar-refractivity contribution in [3.8, 4) is 0 Å². The van der Waals surface area contributed by atoms with Crippen LogP contribution in [0.15, 0.2) is 72.2 Å². The zero-order valence-electron chi connectivity index (χ0n) is 13.8. The Morgan fingerprint density at radius 2 is 2.20 bits per heavy atom. The van der Waals surface area contributed by atoms with Crippen LogP contribution in [0.3, 0.4) is 0 Å². The second kappa shape index (κ2) is 8.30. The molecule has 0 fully saturated rings. The van der Waals surface area contributed by atoms with Gasteiger partial charge in [0.2, 0.25) is 5.91 Å². The van der Waals surface area contributed by atoms with Crippen LogP contribution in [0.5, 0.6) is 0 Å². The summed E-state index contributed by atoms with van der Waals surface area (Å²) in [4.78, 5) is 16.3. The number of nitrogens with zero attached hydrogens (tertiary/aromatic N) is 3. The maximum absolute atomic E-state index is 12.0. The van der Waals surface area contributed by atoms with E-state index in [2.05, 4.69) is 15.4 Å². The number of hydrogen-bond donors (Lipinski definition) is 1. The number of pyridine rings is 1. The molecule has 0 bridgehead atoms. The molecule has 0 unspecified atom stereocenters. The van der Waals surface area contributed by atoms with Crippen LogP contribution >= 0.6 is 11.8 Å². The molecule has 0 radical (unpaired) electrons. The number of amides is 1. The molecule has 0 saturated carbocycles. The van der Waals surface area contributed by atoms with Crippen molar-refractivity contribution in [1.29, 1.82) is 0 Å². The fourth-order valence-corrected chi connectivity index (χ4v) is 3.01. The van der Waals surface area contributed by atoms with Gasteiger partial charge < -0.3 is 5.32 Å². The van der Waals surface area contributed by atoms with Gasteiger partial charge in [-0.05, 0) is 35.9 Å². The molecular formula is C19H18N4OS. The van der Waals surface area contributed by atoms with Gasteiger partial charge in [-0.3, -0.25) is 9.48 Å². The molecule has 126 valence electrons. The lowest BCUT2D eigenvalue weighted by atomic mass is 10.2. The van der Waals surface area contributed by atoms with Gasteiger partial charge in [-0.25, -0.2) is 4.98 Å². The summed E-state index contributed by atoms with van der Waals surface area (Å²) < 4.78 is 1.69. The van der Waals surface area contributed by atoms with Crippen LogP contribution in [0.1, 0.15) is 11.1 Å². The fraction of sp³-hybridized carbons (Fsp3) is 0.105. The molecule has 2 aromatic heterocycles. The van der Waals surface area contributed by atoms with E-state index < -0.39 is 0 Å². The standard InChI is InChI=1S/C19H18N4OS/c1-23-13-16(12-21-23)8-9-18(24)22-17-6-4-5-15(11-17)14-25-19-7-2-3-10-20-19/h2-13H,14H2,1H3,(H,22,24)/b9-8+. The van der Waals surface area contributed by atoms with Crippen LogP contribution in [-0.4, -0.2) is 20.7 Å². The largest absolute Gasteiger partial charge is 0.323 e. The number of aromatic nitrogens is 3. The van der Waals surface area contributed by atoms with Gasteiger partial charge in [0, 0.05) is 42.5 Å². The normalized spacial score (nSPS) is 10.9. The molecule has 2 heterocycles. The van der Waals surface area contributed by atoms with E-state index in [4.69, 9.17) is 0 Å². The zero-order valence-corrected chi connectivity index (χ0v) is 14.6. The molecule has 25 heavy (non-hydrogen) atoms. The zero-order chi connectivity index (χ0) is 17.5. The highest BCUT2D eigenvalue weighted by molar-refractivity contribution is 7.98. The smallest absolute Gasteiger partial charge is 0.248 e. The highest BCUT2D eigenvalue weighted by atomic mass is 32.2. The van der Waals surface area contributed by atoms with Crippen LogP contribution < -0.4 is 5.32 Å². The summed E-state index contributed by atoms with van der Waals surface area (Å²) in [5.74, 6) is 0.630. The minimum absolute atomic E-state index is 0.168. The number of anilines is 1. The number of hydrogen-bond acceptors (Lipinski definition) is 4. The topological polar surface area (TPSA) is 59.8 Å². The van der Waals surface area contributed by atoms with Crippen molar-refractivity contribution in [2.24, 2.45) is 7.05 Å². The van der Waals surface area contributed by atoms with Crippen molar-refractivity contribution in [2.75, 3.05) is 5.32 Å². The minimum Gasteiger partial charge on any atom is -0.323 e. The van der Waals surface area contributed by atoms with Crippen LogP contribution in [0, 0.1) is 0 Å². The van der Waals surface area contributed by atoms with Crippen LogP contribution in [0.25, 0.3) is 6.08 Å². The van der Waals surface area contributed by atoms with E-state index in [0.29, 0.717) is 0 Å². The summed E-state index contributed by atoms with van der Waals surface area (Å²) in [7, 11) is 1.84. The third kappa shape index (κ3) is 5.32. The summed E-state index contributed by atoms with van der Waals surface area (Å²) in [5.41, 5.74) is 2.79. The lowest BCUT2D eigenvalue weighted by Gasteiger charge is -2.06. The first-order valence-corrected chi connectivity index (χ1v) is 8.78. The first-order chi connectivity index (χ1) is 12.2. The number of carbonyl (C=O) groups is 1. The summed E-state index contributed by atoms with van der Waals surface area (Å²) >= 11 is 1.66. The SMILES string of the molecule is Cn1cc(/C=C/C(=O)Nc2cccc(CSc3ccccn3)c2)cn1. The molecule has 0 aliphatic carbocycles. The molecule has 0 aliphatic rings. The fourth-order valence-electron chi connectivity index (χ4n) is 2.21. The highest BCUT2D eigenvalue weighted by Gasteiger charge is 2.02. The molecule has 1 aromatic carbocycles. The lowest BCUT2D eigenvalue weighted by molar-refractivity contribution is -0.111. The molecule has 3 aromatic rings. The van der Waals surface area contributed by atoms with Crippen molar-refractivity contribution in [3.63, 3.8) is 0 Å². The second-order valence-electron chi connectivity index (χ2n) is 5.43. The summed E-state index contributed by atoms with van der Waals surface area (Å²) in [5, 5.41) is 7.92. The number of aryl methyl sites for hydroxylation is 1. The Morgan fingerprint density at radius 3 is 2.96 bits per heavy atom. The van der Waals surface area contributed by atoms with E-state index in [1.54, 1.807) is 34.9 Å². The Balaban J connectivity index is 1.57. The minimum atomic E-state index is -0.168. The van der Waals surface area contributed by atoms with E-state index in [9.17, 15) is 4.79 Å². The Hall–Kier alpha value is -2.86. The molecule has 6 heteroatoms. The number of thioether (sulfide) groups is 1. The third-order valence-corrected chi connectivity index (χ3v) is 4.39. The molecule has 0 saturated heterocycles. The molecule has 0 aliphatic heterocycles. The quantitative estimate of drug-likeness (QED) is 0.543. The summed E-state index contributed by atoms with van der Waals surface area (Å²) in [6.07, 6.45) is 8.58. The van der Waals surface area contributed by atoms with Gasteiger partial charge in [-0.2, -0.15) is 5.10 Å². The molecule has 1 N–H and O–H groups in total. The van der Waals surface area contributed by atoms with Crippen molar-refractivity contribution < 1.29 is 4.79 Å². The molecule has 3 rings (SSSR count). The summed E-state index contributed by atoms with van der Waals surface area (Å²) in [6.45, 7) is 0. The van der Waals surface area contributed by atoms with Crippen molar-refractivity contribution in [1.82, 2.24) is 14.8 Å². The van der Waals surface area contributed by atoms with E-state index in [1.165, 1.54) is 6.08 Å². The van der Waals surface area contributed by atoms with E-state index in [-0.39, 0.29) is 5.91 Å². The molecule has 1 amide bonds. The first-order valence-electron chi connectivity index (χ1n) is 7.79. The van der Waals surface area contributed by atoms with Gasteiger partial charge in [0.25, 0.3) is 0 Å². The van der Waals surface area contributed by atoms with E-state index in [1.807, 2.05) is 55.7 Å². The first kappa shape index (κ1) is 17.0. The van der Waals surface area contributed by atoms with Crippen LogP contribution in [0.4, 0.5) is 5.69 Å². The lowest BCUT2D eigenvalue weighted by Crippen LogP contribution is -2.07. The predicted molar refractivity (Wildman–Crippen MR) is 101 cm³/mol. The molecule has 5 nitrogen and oxygen atoms in total. The molecule has 0 atom stereocenters. The van der Waals surface area contributed by atoms with Gasteiger partial charge in [-0.1, -0.05) is 18.2 Å². The second-order valence-corrected chi connectivity index (χ2v) is 6.42. The Labute approximate surface area is 150 Å². The predicted octanol–water partition coefficient (Wildman–Crippen LogP) is 3.76. The maximum atomic E-state index is 12.0. The highest BCUT2D eigenvalue weighted by Crippen LogP contribution is 2.22. The van der Waals surface area contributed by atoms with Gasteiger partial charge in [0.05, 0.1) is 11.2 Å². The van der Waals surface area contributed by atoms with Crippen LogP contribution in [0.2, 0.25) is 0 Å². The molecule has 0 spiro atoms. The van der Waals surface area contributed by atoms with Crippen molar-refractivity contribution in [2.45, 2.75) is 10.8 Å². The molecular weight excluding hydrogens is 332 g/mol. The average Bonchev–Trinajstić information content (AvgIpc) is 3.05. The van der Waals surface area contributed by atoms with Gasteiger partial charge in [0.15, 0.2) is 0 Å². The van der Waals surface area contributed by atoms with Crippen molar-refractivity contribution >= 4 is 29.4 Å². The summed E-state index contributed by atoms with van der Waals surface area (Å²) in [6, 6.07) is 13.7. The maximum Gasteiger partial charge on any atom is 0.248 e. The Morgan fingerprint density at radius 1 is 1.28 bits per heavy atom. The third-order valence-electron chi connectivity index (χ3n) is 3.37. The number of nitrogens with one attached hydrogen (secondary N) is 1. The van der Waals surface area contributed by atoms with Gasteiger partial charge >= 0.3 is 0 Å². The van der Waals surface area contributed by atoms with Gasteiger partial charge in [-0.15, -0.1) is 11.8 Å².